The van der Waals surface area contributed by atoms with E-state index in [0.29, 0.717) is 12.3 Å². The minimum absolute atomic E-state index is 0.250. The number of hydrogen-bond donors (Lipinski definition) is 2. The van der Waals surface area contributed by atoms with Crippen LogP contribution >= 0.6 is 0 Å². The van der Waals surface area contributed by atoms with E-state index in [2.05, 4.69) is 10.4 Å². The molecule has 1 heterocycles. The molecule has 90 valence electrons. The van der Waals surface area contributed by atoms with Crippen molar-refractivity contribution in [3.05, 3.63) is 12.4 Å². The van der Waals surface area contributed by atoms with Crippen molar-refractivity contribution in [2.24, 2.45) is 0 Å². The van der Waals surface area contributed by atoms with Crippen molar-refractivity contribution in [3.8, 4) is 5.75 Å². The molecule has 0 aliphatic carbocycles. The number of nitrogens with zero attached hydrogens (tertiary/aromatic N) is 2. The molecule has 6 nitrogen and oxygen atoms in total. The van der Waals surface area contributed by atoms with Crippen molar-refractivity contribution >= 4 is 5.97 Å². The normalized spacial score (nSPS) is 14.4. The van der Waals surface area contributed by atoms with Crippen molar-refractivity contribution in [1.29, 1.82) is 0 Å². The molecule has 1 aromatic heterocycles. The third-order valence-electron chi connectivity index (χ3n) is 2.36. The first-order chi connectivity index (χ1) is 7.51. The third-order valence-corrected chi connectivity index (χ3v) is 2.36. The second kappa shape index (κ2) is 4.98. The van der Waals surface area contributed by atoms with E-state index in [9.17, 15) is 4.79 Å². The molecule has 0 aromatic carbocycles. The number of carboxylic acid groups (broad SMARTS) is 1. The lowest BCUT2D eigenvalue weighted by atomic mass is 10.0. The van der Waals surface area contributed by atoms with Crippen LogP contribution in [0.5, 0.6) is 5.75 Å². The van der Waals surface area contributed by atoms with Crippen molar-refractivity contribution in [3.63, 3.8) is 0 Å². The molecule has 0 radical (unpaired) electrons. The van der Waals surface area contributed by atoms with E-state index < -0.39 is 11.5 Å². The van der Waals surface area contributed by atoms with Crippen molar-refractivity contribution < 1.29 is 14.6 Å². The summed E-state index contributed by atoms with van der Waals surface area (Å²) in [6.45, 7) is 4.33. The van der Waals surface area contributed by atoms with Crippen LogP contribution in [0.15, 0.2) is 12.4 Å². The standard InChI is InChI=1S/C10H17N3O3/c1-4-11-10(2,9(14)15)7-13-6-8(16-3)5-12-13/h5-6,11H,4,7H2,1-3H3,(H,14,15). The fraction of sp³-hybridized carbons (Fsp3) is 0.600. The molecule has 1 atom stereocenters. The lowest BCUT2D eigenvalue weighted by Crippen LogP contribution is -2.52. The summed E-state index contributed by atoms with van der Waals surface area (Å²) < 4.78 is 6.53. The van der Waals surface area contributed by atoms with E-state index >= 15 is 0 Å². The minimum atomic E-state index is -1.02. The minimum Gasteiger partial charge on any atom is -0.493 e. The monoisotopic (exact) mass is 227 g/mol. The van der Waals surface area contributed by atoms with Crippen molar-refractivity contribution in [2.75, 3.05) is 13.7 Å². The summed E-state index contributed by atoms with van der Waals surface area (Å²) >= 11 is 0. The molecule has 1 rings (SSSR count). The summed E-state index contributed by atoms with van der Waals surface area (Å²) in [5.74, 6) is -0.284. The van der Waals surface area contributed by atoms with Crippen LogP contribution in [0, 0.1) is 0 Å². The zero-order chi connectivity index (χ0) is 12.2. The van der Waals surface area contributed by atoms with Gasteiger partial charge in [0, 0.05) is 0 Å². The second-order valence-electron chi connectivity index (χ2n) is 3.75. The Morgan fingerprint density at radius 3 is 2.88 bits per heavy atom. The Morgan fingerprint density at radius 2 is 2.44 bits per heavy atom. The Labute approximate surface area is 94.2 Å². The molecule has 0 fully saturated rings. The van der Waals surface area contributed by atoms with Gasteiger partial charge in [0.15, 0.2) is 5.75 Å². The van der Waals surface area contributed by atoms with Crippen LogP contribution < -0.4 is 10.1 Å². The molecule has 0 saturated carbocycles. The van der Waals surface area contributed by atoms with E-state index in [-0.39, 0.29) is 6.54 Å². The molecule has 2 N–H and O–H groups in total. The van der Waals surface area contributed by atoms with Crippen LogP contribution in [0.1, 0.15) is 13.8 Å². The predicted molar refractivity (Wildman–Crippen MR) is 58.5 cm³/mol. The Bertz CT molecular complexity index is 364. The molecular weight excluding hydrogens is 210 g/mol. The summed E-state index contributed by atoms with van der Waals surface area (Å²) in [5, 5.41) is 16.1. The van der Waals surface area contributed by atoms with Crippen LogP contribution in [0.4, 0.5) is 0 Å². The van der Waals surface area contributed by atoms with Crippen LogP contribution in [0.25, 0.3) is 0 Å². The highest BCUT2D eigenvalue weighted by Gasteiger charge is 2.32. The summed E-state index contributed by atoms with van der Waals surface area (Å²) in [5.41, 5.74) is -1.02. The summed E-state index contributed by atoms with van der Waals surface area (Å²) in [6, 6.07) is 0. The molecule has 0 bridgehead atoms. The number of aliphatic carboxylic acids is 1. The maximum absolute atomic E-state index is 11.2. The van der Waals surface area contributed by atoms with Crippen LogP contribution in [-0.4, -0.2) is 40.0 Å². The van der Waals surface area contributed by atoms with Gasteiger partial charge in [-0.2, -0.15) is 5.10 Å². The van der Waals surface area contributed by atoms with Gasteiger partial charge in [0.05, 0.1) is 26.0 Å². The Hall–Kier alpha value is -1.56. The smallest absolute Gasteiger partial charge is 0.325 e. The maximum atomic E-state index is 11.2. The first-order valence-corrected chi connectivity index (χ1v) is 5.06. The molecule has 16 heavy (non-hydrogen) atoms. The Morgan fingerprint density at radius 1 is 1.75 bits per heavy atom. The number of ether oxygens (including phenoxy) is 1. The van der Waals surface area contributed by atoms with Gasteiger partial charge < -0.3 is 15.2 Å². The maximum Gasteiger partial charge on any atom is 0.325 e. The number of hydrogen-bond acceptors (Lipinski definition) is 4. The molecule has 1 unspecified atom stereocenters. The van der Waals surface area contributed by atoms with E-state index in [4.69, 9.17) is 9.84 Å². The first kappa shape index (κ1) is 12.5. The molecule has 0 saturated heterocycles. The number of rotatable bonds is 6. The number of likely N-dealkylation sites (N-methyl/N-ethyl adjacent to an activating group) is 1. The SMILES string of the molecule is CCNC(C)(Cn1cc(OC)cn1)C(=O)O. The summed E-state index contributed by atoms with van der Waals surface area (Å²) in [7, 11) is 1.54. The van der Waals surface area contributed by atoms with Crippen molar-refractivity contribution in [1.82, 2.24) is 15.1 Å². The van der Waals surface area contributed by atoms with Gasteiger partial charge in [-0.15, -0.1) is 0 Å². The highest BCUT2D eigenvalue weighted by Crippen LogP contribution is 2.12. The highest BCUT2D eigenvalue weighted by atomic mass is 16.5. The van der Waals surface area contributed by atoms with E-state index in [0.717, 1.165) is 0 Å². The van der Waals surface area contributed by atoms with Crippen LogP contribution in [0.3, 0.4) is 0 Å². The van der Waals surface area contributed by atoms with Crippen molar-refractivity contribution in [2.45, 2.75) is 25.9 Å². The number of carbonyl (C=O) groups is 1. The average Bonchev–Trinajstić information content (AvgIpc) is 2.65. The molecule has 6 heteroatoms. The van der Waals surface area contributed by atoms with Gasteiger partial charge in [-0.3, -0.25) is 9.48 Å². The molecular formula is C10H17N3O3. The first-order valence-electron chi connectivity index (χ1n) is 5.06. The summed E-state index contributed by atoms with van der Waals surface area (Å²) in [6.07, 6.45) is 3.22. The van der Waals surface area contributed by atoms with E-state index in [1.807, 2.05) is 6.92 Å². The summed E-state index contributed by atoms with van der Waals surface area (Å²) in [4.78, 5) is 11.2. The zero-order valence-electron chi connectivity index (χ0n) is 9.73. The topological polar surface area (TPSA) is 76.4 Å². The highest BCUT2D eigenvalue weighted by molar-refractivity contribution is 5.78. The van der Waals surface area contributed by atoms with Gasteiger partial charge >= 0.3 is 5.97 Å². The number of nitrogens with one attached hydrogen (secondary N) is 1. The van der Waals surface area contributed by atoms with Crippen LogP contribution in [0.2, 0.25) is 0 Å². The fourth-order valence-electron chi connectivity index (χ4n) is 1.45. The lowest BCUT2D eigenvalue weighted by molar-refractivity contribution is -0.144. The van der Waals surface area contributed by atoms with Gasteiger partial charge in [-0.05, 0) is 13.5 Å². The molecule has 0 amide bonds. The largest absolute Gasteiger partial charge is 0.493 e. The van der Waals surface area contributed by atoms with Gasteiger partial charge in [-0.25, -0.2) is 0 Å². The lowest BCUT2D eigenvalue weighted by Gasteiger charge is -2.25. The molecule has 0 aliphatic rings. The fourth-order valence-corrected chi connectivity index (χ4v) is 1.45. The number of carboxylic acids is 1. The predicted octanol–water partition coefficient (Wildman–Crippen LogP) is 0.344. The van der Waals surface area contributed by atoms with E-state index in [1.165, 1.54) is 0 Å². The van der Waals surface area contributed by atoms with E-state index in [1.54, 1.807) is 31.1 Å². The van der Waals surface area contributed by atoms with Gasteiger partial charge in [0.2, 0.25) is 0 Å². The second-order valence-corrected chi connectivity index (χ2v) is 3.75. The average molecular weight is 227 g/mol. The Kier molecular flexibility index (Phi) is 3.89. The van der Waals surface area contributed by atoms with Gasteiger partial charge in [0.25, 0.3) is 0 Å². The zero-order valence-corrected chi connectivity index (χ0v) is 9.73. The van der Waals surface area contributed by atoms with Gasteiger partial charge in [0.1, 0.15) is 5.54 Å². The number of methoxy groups -OCH3 is 1. The molecule has 1 aromatic rings. The van der Waals surface area contributed by atoms with Crippen LogP contribution in [-0.2, 0) is 11.3 Å². The van der Waals surface area contributed by atoms with Gasteiger partial charge in [-0.1, -0.05) is 6.92 Å². The molecule has 0 aliphatic heterocycles. The Balaban J connectivity index is 2.79. The number of aromatic nitrogens is 2. The third kappa shape index (κ3) is 2.73. The molecule has 0 spiro atoms. The quantitative estimate of drug-likeness (QED) is 0.733.